The van der Waals surface area contributed by atoms with Crippen LogP contribution in [0.4, 0.5) is 10.5 Å². The maximum Gasteiger partial charge on any atom is 0.337 e. The van der Waals surface area contributed by atoms with Crippen LogP contribution in [-0.2, 0) is 0 Å². The zero-order valence-corrected chi connectivity index (χ0v) is 11.9. The Morgan fingerprint density at radius 2 is 2.10 bits per heavy atom. The summed E-state index contributed by atoms with van der Waals surface area (Å²) in [5, 5.41) is 23.8. The highest BCUT2D eigenvalue weighted by Crippen LogP contribution is 2.34. The topological polar surface area (TPSA) is 98.7 Å². The van der Waals surface area contributed by atoms with Gasteiger partial charge in [0, 0.05) is 6.04 Å². The molecule has 1 fully saturated rings. The van der Waals surface area contributed by atoms with E-state index in [0.29, 0.717) is 5.92 Å². The number of urea groups is 1. The number of phenolic OH excluding ortho intramolecular Hbond substituents is 1. The number of phenols is 1. The summed E-state index contributed by atoms with van der Waals surface area (Å²) in [4.78, 5) is 23.1. The zero-order valence-electron chi connectivity index (χ0n) is 11.9. The third-order valence-corrected chi connectivity index (χ3v) is 3.62. The number of hydrogen-bond acceptors (Lipinski definition) is 3. The predicted molar refractivity (Wildman–Crippen MR) is 78.6 cm³/mol. The molecule has 0 spiro atoms. The van der Waals surface area contributed by atoms with Gasteiger partial charge in [-0.1, -0.05) is 19.8 Å². The molecule has 2 amide bonds. The van der Waals surface area contributed by atoms with E-state index in [1.54, 1.807) is 0 Å². The first-order valence-corrected chi connectivity index (χ1v) is 7.13. The molecule has 0 saturated heterocycles. The highest BCUT2D eigenvalue weighted by molar-refractivity contribution is 6.00. The molecule has 21 heavy (non-hydrogen) atoms. The number of hydrogen-bond donors (Lipinski definition) is 4. The first kappa shape index (κ1) is 15.2. The van der Waals surface area contributed by atoms with Gasteiger partial charge in [-0.25, -0.2) is 9.59 Å². The predicted octanol–water partition coefficient (Wildman–Crippen LogP) is 2.79. The van der Waals surface area contributed by atoms with Crippen molar-refractivity contribution >= 4 is 17.7 Å². The Morgan fingerprint density at radius 3 is 2.67 bits per heavy atom. The fourth-order valence-electron chi connectivity index (χ4n) is 2.25. The number of carboxylic acid groups (broad SMARTS) is 1. The SMILES string of the molecule is CCC(CC1CC1)NC(=O)Nc1ccc(O)cc1C(=O)O. The summed E-state index contributed by atoms with van der Waals surface area (Å²) >= 11 is 0. The summed E-state index contributed by atoms with van der Waals surface area (Å²) in [5.41, 5.74) is 0.0273. The lowest BCUT2D eigenvalue weighted by Gasteiger charge is -2.17. The summed E-state index contributed by atoms with van der Waals surface area (Å²) < 4.78 is 0. The molecule has 1 atom stereocenters. The molecule has 1 aliphatic carbocycles. The van der Waals surface area contributed by atoms with Gasteiger partial charge in [0.05, 0.1) is 11.3 Å². The molecule has 4 N–H and O–H groups in total. The Morgan fingerprint density at radius 1 is 1.38 bits per heavy atom. The van der Waals surface area contributed by atoms with Crippen molar-refractivity contribution in [3.05, 3.63) is 23.8 Å². The van der Waals surface area contributed by atoms with Crippen LogP contribution in [0.3, 0.4) is 0 Å². The van der Waals surface area contributed by atoms with Crippen molar-refractivity contribution in [3.8, 4) is 5.75 Å². The molecule has 1 aromatic rings. The van der Waals surface area contributed by atoms with Gasteiger partial charge in [0.15, 0.2) is 0 Å². The summed E-state index contributed by atoms with van der Waals surface area (Å²) in [6, 6.07) is 3.50. The lowest BCUT2D eigenvalue weighted by Crippen LogP contribution is -2.38. The van der Waals surface area contributed by atoms with Gasteiger partial charge in [-0.15, -0.1) is 0 Å². The fourth-order valence-corrected chi connectivity index (χ4v) is 2.25. The number of amides is 2. The lowest BCUT2D eigenvalue weighted by molar-refractivity contribution is 0.0697. The average Bonchev–Trinajstić information content (AvgIpc) is 3.23. The van der Waals surface area contributed by atoms with E-state index in [0.717, 1.165) is 18.9 Å². The normalized spacial score (nSPS) is 15.3. The average molecular weight is 292 g/mol. The molecule has 0 heterocycles. The molecule has 0 bridgehead atoms. The van der Waals surface area contributed by atoms with E-state index >= 15 is 0 Å². The number of anilines is 1. The number of carboxylic acids is 1. The van der Waals surface area contributed by atoms with Gasteiger partial charge in [0.1, 0.15) is 5.75 Å². The summed E-state index contributed by atoms with van der Waals surface area (Å²) in [6.45, 7) is 2.01. The number of aromatic carboxylic acids is 1. The van der Waals surface area contributed by atoms with Crippen molar-refractivity contribution in [1.29, 1.82) is 0 Å². The molecule has 0 aliphatic heterocycles. The molecule has 6 heteroatoms. The number of carbonyl (C=O) groups is 2. The first-order chi connectivity index (χ1) is 9.99. The fraction of sp³-hybridized carbons (Fsp3) is 0.467. The van der Waals surface area contributed by atoms with Crippen molar-refractivity contribution < 1.29 is 19.8 Å². The van der Waals surface area contributed by atoms with Gasteiger partial charge in [-0.3, -0.25) is 0 Å². The Bertz CT molecular complexity index is 540. The van der Waals surface area contributed by atoms with Gasteiger partial charge in [-0.2, -0.15) is 0 Å². The van der Waals surface area contributed by atoms with Crippen molar-refractivity contribution in [2.45, 2.75) is 38.6 Å². The Kier molecular flexibility index (Phi) is 4.67. The molecule has 0 radical (unpaired) electrons. The molecule has 0 aromatic heterocycles. The maximum absolute atomic E-state index is 12.0. The van der Waals surface area contributed by atoms with Crippen molar-refractivity contribution in [2.24, 2.45) is 5.92 Å². The lowest BCUT2D eigenvalue weighted by atomic mass is 10.1. The molecule has 1 saturated carbocycles. The van der Waals surface area contributed by atoms with Crippen LogP contribution in [0.1, 0.15) is 43.0 Å². The highest BCUT2D eigenvalue weighted by Gasteiger charge is 2.25. The first-order valence-electron chi connectivity index (χ1n) is 7.13. The minimum absolute atomic E-state index is 0.0999. The maximum atomic E-state index is 12.0. The van der Waals surface area contributed by atoms with Crippen LogP contribution in [0.25, 0.3) is 0 Å². The number of carbonyl (C=O) groups excluding carboxylic acids is 1. The molecule has 6 nitrogen and oxygen atoms in total. The van der Waals surface area contributed by atoms with Gasteiger partial charge < -0.3 is 20.8 Å². The third-order valence-electron chi connectivity index (χ3n) is 3.62. The van der Waals surface area contributed by atoms with Crippen LogP contribution in [0.5, 0.6) is 5.75 Å². The molecule has 114 valence electrons. The number of rotatable bonds is 6. The van der Waals surface area contributed by atoms with E-state index in [1.165, 1.54) is 25.0 Å². The molecule has 1 unspecified atom stereocenters. The second-order valence-corrected chi connectivity index (χ2v) is 5.42. The van der Waals surface area contributed by atoms with Gasteiger partial charge in [0.25, 0.3) is 0 Å². The Hall–Kier alpha value is -2.24. The standard InChI is InChI=1S/C15H20N2O4/c1-2-10(7-9-3-4-9)16-15(21)17-13-6-5-11(18)8-12(13)14(19)20/h5-6,8-10,18H,2-4,7H2,1H3,(H,19,20)(H2,16,17,21). The van der Waals surface area contributed by atoms with Crippen molar-refractivity contribution in [3.63, 3.8) is 0 Å². The molecule has 1 aliphatic rings. The number of nitrogens with one attached hydrogen (secondary N) is 2. The monoisotopic (exact) mass is 292 g/mol. The van der Waals surface area contributed by atoms with Crippen LogP contribution >= 0.6 is 0 Å². The summed E-state index contributed by atoms with van der Waals surface area (Å²) in [6.07, 6.45) is 4.25. The van der Waals surface area contributed by atoms with E-state index in [1.807, 2.05) is 6.92 Å². The number of benzene rings is 1. The van der Waals surface area contributed by atoms with E-state index in [2.05, 4.69) is 10.6 Å². The van der Waals surface area contributed by atoms with Crippen LogP contribution in [-0.4, -0.2) is 28.3 Å². The molecule has 2 rings (SSSR count). The van der Waals surface area contributed by atoms with Crippen molar-refractivity contribution in [1.82, 2.24) is 5.32 Å². The van der Waals surface area contributed by atoms with E-state index in [4.69, 9.17) is 5.11 Å². The van der Waals surface area contributed by atoms with Gasteiger partial charge in [0.2, 0.25) is 0 Å². The van der Waals surface area contributed by atoms with Crippen LogP contribution in [0.15, 0.2) is 18.2 Å². The van der Waals surface area contributed by atoms with E-state index < -0.39 is 12.0 Å². The third kappa shape index (κ3) is 4.37. The van der Waals surface area contributed by atoms with Crippen molar-refractivity contribution in [2.75, 3.05) is 5.32 Å². The molecular formula is C15H20N2O4. The zero-order chi connectivity index (χ0) is 15.4. The number of aromatic hydroxyl groups is 1. The van der Waals surface area contributed by atoms with E-state index in [-0.39, 0.29) is 23.0 Å². The summed E-state index contributed by atoms with van der Waals surface area (Å²) in [7, 11) is 0. The quantitative estimate of drug-likeness (QED) is 0.606. The molecular weight excluding hydrogens is 272 g/mol. The minimum Gasteiger partial charge on any atom is -0.508 e. The van der Waals surface area contributed by atoms with Crippen LogP contribution in [0, 0.1) is 5.92 Å². The second-order valence-electron chi connectivity index (χ2n) is 5.42. The van der Waals surface area contributed by atoms with Gasteiger partial charge >= 0.3 is 12.0 Å². The summed E-state index contributed by atoms with van der Waals surface area (Å²) in [5.74, 6) is -0.650. The van der Waals surface area contributed by atoms with E-state index in [9.17, 15) is 14.7 Å². The molecule has 1 aromatic carbocycles. The highest BCUT2D eigenvalue weighted by atomic mass is 16.4. The smallest absolute Gasteiger partial charge is 0.337 e. The minimum atomic E-state index is -1.20. The Balaban J connectivity index is 1.99. The largest absolute Gasteiger partial charge is 0.508 e. The second kappa shape index (κ2) is 6.47. The van der Waals surface area contributed by atoms with Crippen LogP contribution in [0.2, 0.25) is 0 Å². The Labute approximate surface area is 123 Å². The van der Waals surface area contributed by atoms with Gasteiger partial charge in [-0.05, 0) is 37.0 Å². The van der Waals surface area contributed by atoms with Crippen LogP contribution < -0.4 is 10.6 Å².